The van der Waals surface area contributed by atoms with Crippen LogP contribution in [0.5, 0.6) is 0 Å². The van der Waals surface area contributed by atoms with E-state index in [1.807, 2.05) is 23.1 Å². The highest BCUT2D eigenvalue weighted by Gasteiger charge is 2.31. The maximum atomic E-state index is 11.2. The first-order chi connectivity index (χ1) is 10.6. The number of hydrogen-bond donors (Lipinski definition) is 1. The molecule has 0 aliphatic carbocycles. The molecule has 2 aromatic rings. The smallest absolute Gasteiger partial charge is 0.320 e. The highest BCUT2D eigenvalue weighted by Crippen LogP contribution is 2.20. The summed E-state index contributed by atoms with van der Waals surface area (Å²) in [4.78, 5) is 17.5. The van der Waals surface area contributed by atoms with Crippen molar-refractivity contribution in [3.05, 3.63) is 47.1 Å². The van der Waals surface area contributed by atoms with E-state index < -0.39 is 12.0 Å². The second-order valence-electron chi connectivity index (χ2n) is 5.67. The van der Waals surface area contributed by atoms with Gasteiger partial charge in [-0.2, -0.15) is 4.98 Å². The Kier molecular flexibility index (Phi) is 5.74. The van der Waals surface area contributed by atoms with Gasteiger partial charge in [0.1, 0.15) is 6.04 Å². The minimum atomic E-state index is -0.780. The summed E-state index contributed by atoms with van der Waals surface area (Å²) in [5, 5.41) is 13.2. The van der Waals surface area contributed by atoms with E-state index in [1.165, 1.54) is 11.1 Å². The summed E-state index contributed by atoms with van der Waals surface area (Å²) >= 11 is 0. The summed E-state index contributed by atoms with van der Waals surface area (Å²) < 4.78 is 5.27. The Labute approximate surface area is 140 Å². The Bertz CT molecular complexity index is 674. The van der Waals surface area contributed by atoms with Gasteiger partial charge in [-0.05, 0) is 37.4 Å². The SMILES string of the molecule is Cc1ccccc1Cc1noc(CN2CCCC2C(=O)O)n1.Cl. The lowest BCUT2D eigenvalue weighted by Crippen LogP contribution is -2.35. The van der Waals surface area contributed by atoms with E-state index in [0.717, 1.165) is 13.0 Å². The molecule has 1 atom stereocenters. The Balaban J connectivity index is 0.00000192. The molecule has 0 spiro atoms. The third-order valence-corrected chi connectivity index (χ3v) is 4.11. The molecule has 23 heavy (non-hydrogen) atoms. The maximum Gasteiger partial charge on any atom is 0.320 e. The number of aliphatic carboxylic acids is 1. The number of hydrogen-bond acceptors (Lipinski definition) is 5. The van der Waals surface area contributed by atoms with Crippen molar-refractivity contribution in [3.8, 4) is 0 Å². The molecule has 0 amide bonds. The van der Waals surface area contributed by atoms with Crippen LogP contribution in [0.2, 0.25) is 0 Å². The highest BCUT2D eigenvalue weighted by molar-refractivity contribution is 5.85. The van der Waals surface area contributed by atoms with Crippen LogP contribution in [0.15, 0.2) is 28.8 Å². The van der Waals surface area contributed by atoms with E-state index in [0.29, 0.717) is 31.1 Å². The largest absolute Gasteiger partial charge is 0.480 e. The first-order valence-corrected chi connectivity index (χ1v) is 7.46. The lowest BCUT2D eigenvalue weighted by Gasteiger charge is -2.18. The fourth-order valence-corrected chi connectivity index (χ4v) is 2.87. The van der Waals surface area contributed by atoms with E-state index >= 15 is 0 Å². The number of halogens is 1. The van der Waals surface area contributed by atoms with Crippen LogP contribution in [-0.2, 0) is 17.8 Å². The Hall–Kier alpha value is -1.92. The molecular formula is C16H20ClN3O3. The predicted molar refractivity (Wildman–Crippen MR) is 86.6 cm³/mol. The van der Waals surface area contributed by atoms with Crippen molar-refractivity contribution in [2.75, 3.05) is 6.54 Å². The van der Waals surface area contributed by atoms with Gasteiger partial charge >= 0.3 is 5.97 Å². The normalized spacial score (nSPS) is 17.9. The van der Waals surface area contributed by atoms with E-state index in [1.54, 1.807) is 0 Å². The number of carboxylic acid groups (broad SMARTS) is 1. The quantitative estimate of drug-likeness (QED) is 0.902. The molecule has 2 heterocycles. The molecule has 1 aromatic carbocycles. The fourth-order valence-electron chi connectivity index (χ4n) is 2.87. The monoisotopic (exact) mass is 337 g/mol. The van der Waals surface area contributed by atoms with Gasteiger partial charge in [-0.3, -0.25) is 9.69 Å². The molecule has 7 heteroatoms. The molecule has 0 saturated carbocycles. The number of carboxylic acids is 1. The van der Waals surface area contributed by atoms with Gasteiger partial charge in [0.25, 0.3) is 0 Å². The summed E-state index contributed by atoms with van der Waals surface area (Å²) in [6, 6.07) is 7.65. The third-order valence-electron chi connectivity index (χ3n) is 4.11. The average Bonchev–Trinajstić information content (AvgIpc) is 3.11. The number of rotatable bonds is 5. The number of aryl methyl sites for hydroxylation is 1. The lowest BCUT2D eigenvalue weighted by atomic mass is 10.1. The molecule has 1 aromatic heterocycles. The number of aromatic nitrogens is 2. The van der Waals surface area contributed by atoms with Gasteiger partial charge in [-0.25, -0.2) is 0 Å². The number of carbonyl (C=O) groups is 1. The van der Waals surface area contributed by atoms with Gasteiger partial charge in [-0.15, -0.1) is 12.4 Å². The molecule has 6 nitrogen and oxygen atoms in total. The molecule has 1 fully saturated rings. The Morgan fingerprint density at radius 3 is 2.96 bits per heavy atom. The van der Waals surface area contributed by atoms with Crippen LogP contribution in [0.3, 0.4) is 0 Å². The zero-order valence-electron chi connectivity index (χ0n) is 12.9. The number of benzene rings is 1. The minimum absolute atomic E-state index is 0. The number of likely N-dealkylation sites (tertiary alicyclic amines) is 1. The van der Waals surface area contributed by atoms with Crippen LogP contribution >= 0.6 is 12.4 Å². The zero-order valence-corrected chi connectivity index (χ0v) is 13.8. The molecule has 1 aliphatic rings. The standard InChI is InChI=1S/C16H19N3O3.ClH/c1-11-5-2-3-6-12(11)9-14-17-15(22-18-14)10-19-8-4-7-13(19)16(20)21;/h2-3,5-6,13H,4,7-10H2,1H3,(H,20,21);1H. The van der Waals surface area contributed by atoms with Crippen molar-refractivity contribution in [2.24, 2.45) is 0 Å². The predicted octanol–water partition coefficient (Wildman–Crippen LogP) is 2.44. The summed E-state index contributed by atoms with van der Waals surface area (Å²) in [5.74, 6) is 0.337. The summed E-state index contributed by atoms with van der Waals surface area (Å²) in [5.41, 5.74) is 2.36. The first kappa shape index (κ1) is 17.4. The van der Waals surface area contributed by atoms with Crippen LogP contribution < -0.4 is 0 Å². The van der Waals surface area contributed by atoms with Crippen LogP contribution in [0.25, 0.3) is 0 Å². The van der Waals surface area contributed by atoms with E-state index in [9.17, 15) is 9.90 Å². The van der Waals surface area contributed by atoms with Gasteiger partial charge in [0.2, 0.25) is 5.89 Å². The summed E-state index contributed by atoms with van der Waals surface area (Å²) in [6.45, 7) is 3.21. The van der Waals surface area contributed by atoms with Crippen molar-refractivity contribution in [2.45, 2.75) is 38.8 Å². The summed E-state index contributed by atoms with van der Waals surface area (Å²) in [7, 11) is 0. The molecule has 0 bridgehead atoms. The average molecular weight is 338 g/mol. The van der Waals surface area contributed by atoms with Crippen molar-refractivity contribution >= 4 is 18.4 Å². The van der Waals surface area contributed by atoms with Crippen molar-refractivity contribution < 1.29 is 14.4 Å². The van der Waals surface area contributed by atoms with Crippen LogP contribution in [0.4, 0.5) is 0 Å². The van der Waals surface area contributed by atoms with Gasteiger partial charge < -0.3 is 9.63 Å². The molecule has 124 valence electrons. The summed E-state index contributed by atoms with van der Waals surface area (Å²) in [6.07, 6.45) is 2.19. The molecule has 1 saturated heterocycles. The maximum absolute atomic E-state index is 11.2. The Morgan fingerprint density at radius 2 is 2.22 bits per heavy atom. The van der Waals surface area contributed by atoms with Gasteiger partial charge in [0.05, 0.1) is 6.54 Å². The van der Waals surface area contributed by atoms with Gasteiger partial charge in [0.15, 0.2) is 5.82 Å². The van der Waals surface area contributed by atoms with Crippen LogP contribution in [0.1, 0.15) is 35.7 Å². The molecule has 1 N–H and O–H groups in total. The second-order valence-corrected chi connectivity index (χ2v) is 5.67. The minimum Gasteiger partial charge on any atom is -0.480 e. The van der Waals surface area contributed by atoms with E-state index in [4.69, 9.17) is 4.52 Å². The zero-order chi connectivity index (χ0) is 15.5. The highest BCUT2D eigenvalue weighted by atomic mass is 35.5. The topological polar surface area (TPSA) is 79.5 Å². The Morgan fingerprint density at radius 1 is 1.43 bits per heavy atom. The van der Waals surface area contributed by atoms with Crippen LogP contribution in [-0.4, -0.2) is 38.7 Å². The van der Waals surface area contributed by atoms with E-state index in [2.05, 4.69) is 23.1 Å². The van der Waals surface area contributed by atoms with Crippen molar-refractivity contribution in [1.82, 2.24) is 15.0 Å². The molecule has 1 unspecified atom stereocenters. The van der Waals surface area contributed by atoms with Gasteiger partial charge in [-0.1, -0.05) is 29.4 Å². The number of nitrogens with zero attached hydrogens (tertiary/aromatic N) is 3. The first-order valence-electron chi connectivity index (χ1n) is 7.46. The molecule has 1 aliphatic heterocycles. The van der Waals surface area contributed by atoms with Gasteiger partial charge in [0, 0.05) is 6.42 Å². The molecular weight excluding hydrogens is 318 g/mol. The molecule has 3 rings (SSSR count). The van der Waals surface area contributed by atoms with Crippen LogP contribution in [0, 0.1) is 6.92 Å². The third kappa shape index (κ3) is 4.09. The lowest BCUT2D eigenvalue weighted by molar-refractivity contribution is -0.142. The van der Waals surface area contributed by atoms with E-state index in [-0.39, 0.29) is 12.4 Å². The van der Waals surface area contributed by atoms with Crippen molar-refractivity contribution in [1.29, 1.82) is 0 Å². The van der Waals surface area contributed by atoms with Crippen molar-refractivity contribution in [3.63, 3.8) is 0 Å². The fraction of sp³-hybridized carbons (Fsp3) is 0.438. The molecule has 0 radical (unpaired) electrons. The second kappa shape index (κ2) is 7.57.